The molecule has 1 saturated carbocycles. The SMILES string of the molecule is C=C1C(=O)O[C@@H]2C[C@@]3(C)CCCC(CO)=C3C[C@H]12. The molecule has 2 fully saturated rings. The summed E-state index contributed by atoms with van der Waals surface area (Å²) in [6.07, 6.45) is 5.02. The molecule has 0 aromatic heterocycles. The largest absolute Gasteiger partial charge is 0.458 e. The van der Waals surface area contributed by atoms with Gasteiger partial charge in [0.1, 0.15) is 6.10 Å². The van der Waals surface area contributed by atoms with E-state index in [9.17, 15) is 9.90 Å². The molecule has 0 aromatic carbocycles. The molecule has 3 nitrogen and oxygen atoms in total. The van der Waals surface area contributed by atoms with Gasteiger partial charge >= 0.3 is 5.97 Å². The highest BCUT2D eigenvalue weighted by Gasteiger charge is 2.50. The van der Waals surface area contributed by atoms with Gasteiger partial charge in [-0.2, -0.15) is 0 Å². The van der Waals surface area contributed by atoms with E-state index in [2.05, 4.69) is 13.5 Å². The van der Waals surface area contributed by atoms with Crippen molar-refractivity contribution in [2.75, 3.05) is 6.61 Å². The summed E-state index contributed by atoms with van der Waals surface area (Å²) in [6, 6.07) is 0. The fraction of sp³-hybridized carbons (Fsp3) is 0.667. The number of aliphatic hydroxyl groups is 1. The molecule has 1 saturated heterocycles. The van der Waals surface area contributed by atoms with E-state index in [0.717, 1.165) is 32.1 Å². The highest BCUT2D eigenvalue weighted by Crippen LogP contribution is 2.54. The number of ether oxygens (including phenoxy) is 1. The predicted molar refractivity (Wildman–Crippen MR) is 67.8 cm³/mol. The second-order valence-corrected chi connectivity index (χ2v) is 6.14. The van der Waals surface area contributed by atoms with Crippen LogP contribution in [0.5, 0.6) is 0 Å². The maximum absolute atomic E-state index is 11.6. The van der Waals surface area contributed by atoms with Crippen molar-refractivity contribution >= 4 is 5.97 Å². The predicted octanol–water partition coefficient (Wildman–Crippen LogP) is 2.36. The summed E-state index contributed by atoms with van der Waals surface area (Å²) in [6.45, 7) is 6.28. The van der Waals surface area contributed by atoms with Crippen molar-refractivity contribution in [3.8, 4) is 0 Å². The van der Waals surface area contributed by atoms with Crippen molar-refractivity contribution in [3.05, 3.63) is 23.3 Å². The highest BCUT2D eigenvalue weighted by molar-refractivity contribution is 5.91. The van der Waals surface area contributed by atoms with Crippen LogP contribution >= 0.6 is 0 Å². The zero-order valence-corrected chi connectivity index (χ0v) is 10.9. The Labute approximate surface area is 108 Å². The van der Waals surface area contributed by atoms with Gasteiger partial charge in [-0.1, -0.05) is 19.1 Å². The maximum atomic E-state index is 11.6. The summed E-state index contributed by atoms with van der Waals surface area (Å²) in [4.78, 5) is 11.6. The van der Waals surface area contributed by atoms with Gasteiger partial charge < -0.3 is 9.84 Å². The van der Waals surface area contributed by atoms with Crippen LogP contribution in [0.3, 0.4) is 0 Å². The summed E-state index contributed by atoms with van der Waals surface area (Å²) >= 11 is 0. The van der Waals surface area contributed by atoms with Gasteiger partial charge in [-0.3, -0.25) is 0 Å². The Bertz CT molecular complexity index is 449. The fourth-order valence-electron chi connectivity index (χ4n) is 3.98. The molecule has 0 spiro atoms. The average molecular weight is 248 g/mol. The van der Waals surface area contributed by atoms with Gasteiger partial charge in [-0.05, 0) is 43.1 Å². The number of hydrogen-bond acceptors (Lipinski definition) is 3. The third kappa shape index (κ3) is 1.57. The molecule has 3 aliphatic rings. The van der Waals surface area contributed by atoms with Gasteiger partial charge in [-0.25, -0.2) is 4.79 Å². The van der Waals surface area contributed by atoms with E-state index < -0.39 is 0 Å². The molecule has 3 rings (SSSR count). The van der Waals surface area contributed by atoms with Gasteiger partial charge in [0.05, 0.1) is 6.61 Å². The van der Waals surface area contributed by atoms with Crippen LogP contribution in [0.15, 0.2) is 23.3 Å². The van der Waals surface area contributed by atoms with Gasteiger partial charge in [0.2, 0.25) is 0 Å². The van der Waals surface area contributed by atoms with Crippen molar-refractivity contribution in [3.63, 3.8) is 0 Å². The first-order chi connectivity index (χ1) is 8.55. The average Bonchev–Trinajstić information content (AvgIpc) is 2.60. The van der Waals surface area contributed by atoms with Crippen LogP contribution in [0.25, 0.3) is 0 Å². The topological polar surface area (TPSA) is 46.5 Å². The minimum absolute atomic E-state index is 0.0109. The number of carbonyl (C=O) groups is 1. The summed E-state index contributed by atoms with van der Waals surface area (Å²) in [7, 11) is 0. The Balaban J connectivity index is 1.99. The van der Waals surface area contributed by atoms with Gasteiger partial charge in [0, 0.05) is 11.5 Å². The number of carbonyl (C=O) groups excluding carboxylic acids is 1. The molecule has 1 N–H and O–H groups in total. The lowest BCUT2D eigenvalue weighted by molar-refractivity contribution is -0.140. The Morgan fingerprint density at radius 3 is 3.06 bits per heavy atom. The number of aliphatic hydroxyl groups excluding tert-OH is 1. The summed E-state index contributed by atoms with van der Waals surface area (Å²) in [5.41, 5.74) is 3.30. The molecule has 2 aliphatic carbocycles. The Morgan fingerprint density at radius 2 is 2.33 bits per heavy atom. The minimum Gasteiger partial charge on any atom is -0.458 e. The molecule has 1 aliphatic heterocycles. The van der Waals surface area contributed by atoms with Crippen LogP contribution in [0.1, 0.15) is 39.0 Å². The zero-order chi connectivity index (χ0) is 12.9. The van der Waals surface area contributed by atoms with Crippen LogP contribution in [-0.4, -0.2) is 23.8 Å². The number of rotatable bonds is 1. The van der Waals surface area contributed by atoms with Gasteiger partial charge in [0.15, 0.2) is 0 Å². The van der Waals surface area contributed by atoms with E-state index in [-0.39, 0.29) is 30.0 Å². The third-order valence-corrected chi connectivity index (χ3v) is 5.05. The van der Waals surface area contributed by atoms with Crippen molar-refractivity contribution in [2.45, 2.75) is 45.1 Å². The third-order valence-electron chi connectivity index (χ3n) is 5.05. The Morgan fingerprint density at radius 1 is 1.56 bits per heavy atom. The van der Waals surface area contributed by atoms with Crippen LogP contribution in [0.4, 0.5) is 0 Å². The second-order valence-electron chi connectivity index (χ2n) is 6.14. The summed E-state index contributed by atoms with van der Waals surface area (Å²) < 4.78 is 5.44. The first kappa shape index (κ1) is 12.0. The van der Waals surface area contributed by atoms with E-state index in [0.29, 0.717) is 5.57 Å². The number of esters is 1. The molecule has 98 valence electrons. The molecule has 0 bridgehead atoms. The molecule has 3 heteroatoms. The molecular weight excluding hydrogens is 228 g/mol. The fourth-order valence-corrected chi connectivity index (χ4v) is 3.98. The molecule has 0 radical (unpaired) electrons. The maximum Gasteiger partial charge on any atom is 0.334 e. The minimum atomic E-state index is -0.224. The van der Waals surface area contributed by atoms with E-state index >= 15 is 0 Å². The summed E-state index contributed by atoms with van der Waals surface area (Å²) in [5, 5.41) is 9.52. The Hall–Kier alpha value is -1.09. The molecular formula is C15H20O3. The molecule has 18 heavy (non-hydrogen) atoms. The lowest BCUT2D eigenvalue weighted by Crippen LogP contribution is -2.38. The van der Waals surface area contributed by atoms with E-state index in [1.54, 1.807) is 0 Å². The van der Waals surface area contributed by atoms with Crippen molar-refractivity contribution in [2.24, 2.45) is 11.3 Å². The van der Waals surface area contributed by atoms with Crippen molar-refractivity contribution in [1.29, 1.82) is 0 Å². The normalized spacial score (nSPS) is 39.4. The van der Waals surface area contributed by atoms with E-state index in [4.69, 9.17) is 4.74 Å². The van der Waals surface area contributed by atoms with Crippen LogP contribution in [-0.2, 0) is 9.53 Å². The zero-order valence-electron chi connectivity index (χ0n) is 10.9. The monoisotopic (exact) mass is 248 g/mol. The van der Waals surface area contributed by atoms with Crippen LogP contribution < -0.4 is 0 Å². The first-order valence-electron chi connectivity index (χ1n) is 6.77. The number of hydrogen-bond donors (Lipinski definition) is 1. The standard InChI is InChI=1S/C15H20O3/c1-9-11-6-12-10(8-16)4-3-5-15(12,2)7-13(11)18-14(9)17/h11,13,16H,1,3-8H2,2H3/t11-,13-,15-/m1/s1. The Kier molecular flexibility index (Phi) is 2.63. The quantitative estimate of drug-likeness (QED) is 0.440. The van der Waals surface area contributed by atoms with Crippen LogP contribution in [0.2, 0.25) is 0 Å². The summed E-state index contributed by atoms with van der Waals surface area (Å²) in [5.74, 6) is -0.0846. The molecule has 0 amide bonds. The van der Waals surface area contributed by atoms with Crippen LogP contribution in [0, 0.1) is 11.3 Å². The number of fused-ring (bicyclic) bond motifs is 2. The highest BCUT2D eigenvalue weighted by atomic mass is 16.6. The van der Waals surface area contributed by atoms with Crippen molar-refractivity contribution < 1.29 is 14.6 Å². The lowest BCUT2D eigenvalue weighted by Gasteiger charge is -2.45. The van der Waals surface area contributed by atoms with E-state index in [1.165, 1.54) is 11.1 Å². The number of allylic oxidation sites excluding steroid dienone is 1. The van der Waals surface area contributed by atoms with Crippen molar-refractivity contribution in [1.82, 2.24) is 0 Å². The molecule has 0 aromatic rings. The van der Waals surface area contributed by atoms with Gasteiger partial charge in [-0.15, -0.1) is 0 Å². The van der Waals surface area contributed by atoms with E-state index in [1.807, 2.05) is 0 Å². The molecule has 0 unspecified atom stereocenters. The lowest BCUT2D eigenvalue weighted by atomic mass is 9.60. The van der Waals surface area contributed by atoms with Gasteiger partial charge in [0.25, 0.3) is 0 Å². The molecule has 1 heterocycles. The second kappa shape index (κ2) is 3.95. The smallest absolute Gasteiger partial charge is 0.334 e. The first-order valence-corrected chi connectivity index (χ1v) is 6.77. The molecule has 3 atom stereocenters.